The Hall–Kier alpha value is -1.02. The lowest BCUT2D eigenvalue weighted by Gasteiger charge is -2.33. The van der Waals surface area contributed by atoms with Crippen LogP contribution >= 0.6 is 11.6 Å². The summed E-state index contributed by atoms with van der Waals surface area (Å²) >= 11 is 6.51. The third-order valence-electron chi connectivity index (χ3n) is 3.52. The first-order valence-electron chi connectivity index (χ1n) is 6.13. The van der Waals surface area contributed by atoms with Crippen molar-refractivity contribution < 1.29 is 4.79 Å². The number of halogens is 1. The lowest BCUT2D eigenvalue weighted by Crippen LogP contribution is -2.37. The van der Waals surface area contributed by atoms with E-state index in [1.54, 1.807) is 6.92 Å². The van der Waals surface area contributed by atoms with Crippen molar-refractivity contribution in [2.24, 2.45) is 5.92 Å². The first-order chi connectivity index (χ1) is 8.18. The fraction of sp³-hybridized carbons (Fsp3) is 0.500. The van der Waals surface area contributed by atoms with Crippen LogP contribution < -0.4 is 0 Å². The standard InChI is InChI=1S/C14H18ClNO/c1-11(17)16-9-7-13(8-10-16)14(15)12-5-3-2-4-6-12/h2-6,13-14H,7-10H2,1H3. The van der Waals surface area contributed by atoms with Crippen LogP contribution in [0.3, 0.4) is 0 Å². The van der Waals surface area contributed by atoms with Crippen LogP contribution in [0, 0.1) is 5.92 Å². The molecular weight excluding hydrogens is 234 g/mol. The number of nitrogens with zero attached hydrogens (tertiary/aromatic N) is 1. The molecule has 1 fully saturated rings. The summed E-state index contributed by atoms with van der Waals surface area (Å²) in [6.07, 6.45) is 2.01. The van der Waals surface area contributed by atoms with Crippen LogP contribution in [0.1, 0.15) is 30.7 Å². The minimum Gasteiger partial charge on any atom is -0.343 e. The topological polar surface area (TPSA) is 20.3 Å². The summed E-state index contributed by atoms with van der Waals surface area (Å²) in [7, 11) is 0. The second-order valence-corrected chi connectivity index (χ2v) is 5.13. The number of benzene rings is 1. The highest BCUT2D eigenvalue weighted by atomic mass is 35.5. The SMILES string of the molecule is CC(=O)N1CCC(C(Cl)c2ccccc2)CC1. The molecule has 1 aromatic carbocycles. The van der Waals surface area contributed by atoms with Crippen molar-refractivity contribution in [3.8, 4) is 0 Å². The summed E-state index contributed by atoms with van der Waals surface area (Å²) in [6.45, 7) is 3.32. The van der Waals surface area contributed by atoms with Crippen LogP contribution in [0.2, 0.25) is 0 Å². The highest BCUT2D eigenvalue weighted by Gasteiger charge is 2.26. The van der Waals surface area contributed by atoms with Crippen molar-refractivity contribution in [3.63, 3.8) is 0 Å². The van der Waals surface area contributed by atoms with Gasteiger partial charge in [-0.15, -0.1) is 11.6 Å². The Bertz CT molecular complexity index is 371. The average Bonchev–Trinajstić information content (AvgIpc) is 2.39. The molecule has 17 heavy (non-hydrogen) atoms. The largest absolute Gasteiger partial charge is 0.343 e. The molecule has 92 valence electrons. The molecule has 0 N–H and O–H groups in total. The van der Waals surface area contributed by atoms with Gasteiger partial charge in [0, 0.05) is 20.0 Å². The summed E-state index contributed by atoms with van der Waals surface area (Å²) in [5.41, 5.74) is 1.19. The van der Waals surface area contributed by atoms with Crippen molar-refractivity contribution in [1.29, 1.82) is 0 Å². The molecule has 2 rings (SSSR count). The number of piperidine rings is 1. The minimum atomic E-state index is 0.0744. The number of amides is 1. The van der Waals surface area contributed by atoms with E-state index in [1.165, 1.54) is 5.56 Å². The Balaban J connectivity index is 1.95. The first-order valence-corrected chi connectivity index (χ1v) is 6.56. The highest BCUT2D eigenvalue weighted by molar-refractivity contribution is 6.21. The summed E-state index contributed by atoms with van der Waals surface area (Å²) < 4.78 is 0. The van der Waals surface area contributed by atoms with Gasteiger partial charge >= 0.3 is 0 Å². The molecule has 1 unspecified atom stereocenters. The molecule has 0 saturated carbocycles. The van der Waals surface area contributed by atoms with E-state index < -0.39 is 0 Å². The zero-order valence-corrected chi connectivity index (χ0v) is 10.9. The van der Waals surface area contributed by atoms with Crippen LogP contribution in [-0.4, -0.2) is 23.9 Å². The molecule has 0 aromatic heterocycles. The van der Waals surface area contributed by atoms with Crippen molar-refractivity contribution in [2.45, 2.75) is 25.1 Å². The second kappa shape index (κ2) is 5.54. The molecule has 1 heterocycles. The minimum absolute atomic E-state index is 0.0744. The Morgan fingerprint density at radius 2 is 1.88 bits per heavy atom. The molecule has 0 bridgehead atoms. The van der Waals surface area contributed by atoms with Gasteiger partial charge in [-0.3, -0.25) is 4.79 Å². The zero-order chi connectivity index (χ0) is 12.3. The number of rotatable bonds is 2. The summed E-state index contributed by atoms with van der Waals surface area (Å²) in [5.74, 6) is 0.656. The van der Waals surface area contributed by atoms with Gasteiger partial charge in [-0.2, -0.15) is 0 Å². The highest BCUT2D eigenvalue weighted by Crippen LogP contribution is 2.35. The summed E-state index contributed by atoms with van der Waals surface area (Å²) in [4.78, 5) is 13.1. The molecule has 1 aromatic rings. The maximum Gasteiger partial charge on any atom is 0.219 e. The van der Waals surface area contributed by atoms with E-state index in [0.717, 1.165) is 25.9 Å². The third-order valence-corrected chi connectivity index (χ3v) is 4.13. The monoisotopic (exact) mass is 251 g/mol. The average molecular weight is 252 g/mol. The van der Waals surface area contributed by atoms with Crippen molar-refractivity contribution in [3.05, 3.63) is 35.9 Å². The summed E-state index contributed by atoms with van der Waals surface area (Å²) in [5, 5.41) is 0.0744. The van der Waals surface area contributed by atoms with E-state index in [1.807, 2.05) is 23.1 Å². The molecule has 2 nitrogen and oxygen atoms in total. The van der Waals surface area contributed by atoms with Gasteiger partial charge in [0.15, 0.2) is 0 Å². The number of alkyl halides is 1. The van der Waals surface area contributed by atoms with Crippen LogP contribution in [0.15, 0.2) is 30.3 Å². The van der Waals surface area contributed by atoms with E-state index in [4.69, 9.17) is 11.6 Å². The fourth-order valence-electron chi connectivity index (χ4n) is 2.42. The number of hydrogen-bond acceptors (Lipinski definition) is 1. The molecule has 0 radical (unpaired) electrons. The van der Waals surface area contributed by atoms with E-state index in [-0.39, 0.29) is 11.3 Å². The Kier molecular flexibility index (Phi) is 4.06. The van der Waals surface area contributed by atoms with Gasteiger partial charge in [-0.25, -0.2) is 0 Å². The maximum atomic E-state index is 11.2. The lowest BCUT2D eigenvalue weighted by atomic mass is 9.89. The Morgan fingerprint density at radius 3 is 2.41 bits per heavy atom. The summed E-state index contributed by atoms with van der Waals surface area (Å²) in [6, 6.07) is 10.2. The van der Waals surface area contributed by atoms with E-state index >= 15 is 0 Å². The van der Waals surface area contributed by atoms with Crippen molar-refractivity contribution in [2.75, 3.05) is 13.1 Å². The fourth-order valence-corrected chi connectivity index (χ4v) is 2.81. The van der Waals surface area contributed by atoms with Crippen molar-refractivity contribution in [1.82, 2.24) is 4.90 Å². The molecule has 1 saturated heterocycles. The van der Waals surface area contributed by atoms with E-state index in [9.17, 15) is 4.79 Å². The second-order valence-electron chi connectivity index (χ2n) is 4.66. The van der Waals surface area contributed by atoms with Gasteiger partial charge in [0.1, 0.15) is 0 Å². The number of carbonyl (C=O) groups excluding carboxylic acids is 1. The van der Waals surface area contributed by atoms with Gasteiger partial charge in [-0.1, -0.05) is 30.3 Å². The molecule has 1 amide bonds. The number of likely N-dealkylation sites (tertiary alicyclic amines) is 1. The number of carbonyl (C=O) groups is 1. The zero-order valence-electron chi connectivity index (χ0n) is 10.1. The lowest BCUT2D eigenvalue weighted by molar-refractivity contribution is -0.130. The Morgan fingerprint density at radius 1 is 1.29 bits per heavy atom. The van der Waals surface area contributed by atoms with Crippen LogP contribution in [0.25, 0.3) is 0 Å². The number of hydrogen-bond donors (Lipinski definition) is 0. The van der Waals surface area contributed by atoms with E-state index in [0.29, 0.717) is 5.92 Å². The molecule has 1 aliphatic rings. The quantitative estimate of drug-likeness (QED) is 0.739. The van der Waals surface area contributed by atoms with Gasteiger partial charge in [0.25, 0.3) is 0 Å². The molecule has 1 aliphatic heterocycles. The van der Waals surface area contributed by atoms with Gasteiger partial charge in [-0.05, 0) is 24.3 Å². The predicted octanol–water partition coefficient (Wildman–Crippen LogP) is 3.23. The van der Waals surface area contributed by atoms with Gasteiger partial charge in [0.2, 0.25) is 5.91 Å². The normalized spacial score (nSPS) is 19.1. The molecule has 3 heteroatoms. The molecule has 1 atom stereocenters. The smallest absolute Gasteiger partial charge is 0.219 e. The maximum absolute atomic E-state index is 11.2. The van der Waals surface area contributed by atoms with Crippen molar-refractivity contribution >= 4 is 17.5 Å². The molecular formula is C14H18ClNO. The third kappa shape index (κ3) is 3.01. The first kappa shape index (κ1) is 12.4. The van der Waals surface area contributed by atoms with Gasteiger partial charge in [0.05, 0.1) is 5.38 Å². The Labute approximate surface area is 108 Å². The van der Waals surface area contributed by atoms with E-state index in [2.05, 4.69) is 12.1 Å². The van der Waals surface area contributed by atoms with Crippen LogP contribution in [-0.2, 0) is 4.79 Å². The van der Waals surface area contributed by atoms with Crippen LogP contribution in [0.5, 0.6) is 0 Å². The van der Waals surface area contributed by atoms with Gasteiger partial charge < -0.3 is 4.90 Å². The molecule has 0 aliphatic carbocycles. The van der Waals surface area contributed by atoms with Crippen LogP contribution in [0.4, 0.5) is 0 Å². The molecule has 0 spiro atoms. The predicted molar refractivity (Wildman–Crippen MR) is 70.0 cm³/mol.